The highest BCUT2D eigenvalue weighted by Crippen LogP contribution is 2.45. The number of carbonyl (C=O) groups excluding carboxylic acids is 2. The number of amides is 1. The zero-order chi connectivity index (χ0) is 24.9. The van der Waals surface area contributed by atoms with Crippen molar-refractivity contribution in [1.82, 2.24) is 9.80 Å². The Morgan fingerprint density at radius 1 is 1.20 bits per heavy atom. The van der Waals surface area contributed by atoms with Crippen LogP contribution < -0.4 is 0 Å². The van der Waals surface area contributed by atoms with Crippen LogP contribution in [0.1, 0.15) is 30.5 Å². The average molecular weight is 492 g/mol. The van der Waals surface area contributed by atoms with E-state index in [9.17, 15) is 14.0 Å². The minimum absolute atomic E-state index is 0.0581. The Morgan fingerprint density at radius 2 is 1.91 bits per heavy atom. The van der Waals surface area contributed by atoms with E-state index in [2.05, 4.69) is 11.6 Å². The number of rotatable bonds is 8. The van der Waals surface area contributed by atoms with Crippen molar-refractivity contribution in [1.29, 1.82) is 0 Å². The van der Waals surface area contributed by atoms with Gasteiger partial charge in [0.1, 0.15) is 12.4 Å². The van der Waals surface area contributed by atoms with Crippen molar-refractivity contribution >= 4 is 28.8 Å². The van der Waals surface area contributed by atoms with Crippen LogP contribution in [0.15, 0.2) is 94.6 Å². The van der Waals surface area contributed by atoms with Gasteiger partial charge in [0.25, 0.3) is 0 Å². The van der Waals surface area contributed by atoms with Crippen molar-refractivity contribution in [3.05, 3.63) is 107 Å². The predicted molar refractivity (Wildman–Crippen MR) is 135 cm³/mol. The van der Waals surface area contributed by atoms with E-state index < -0.39 is 12.0 Å². The molecule has 2 aromatic carbocycles. The molecule has 0 N–H and O–H groups in total. The maximum absolute atomic E-state index is 13.7. The van der Waals surface area contributed by atoms with Crippen LogP contribution in [0.2, 0.25) is 0 Å². The van der Waals surface area contributed by atoms with Crippen molar-refractivity contribution in [2.45, 2.75) is 25.9 Å². The van der Waals surface area contributed by atoms with Crippen LogP contribution in [-0.4, -0.2) is 40.5 Å². The average Bonchev–Trinajstić information content (AvgIpc) is 3.24. The maximum atomic E-state index is 13.7. The molecule has 8 heteroatoms. The topological polar surface area (TPSA) is 62.2 Å². The third kappa shape index (κ3) is 5.38. The first-order valence-electron chi connectivity index (χ1n) is 11.1. The molecule has 0 saturated heterocycles. The maximum Gasteiger partial charge on any atom is 0.338 e. The number of esters is 1. The Morgan fingerprint density at radius 3 is 2.60 bits per heavy atom. The third-order valence-electron chi connectivity index (χ3n) is 5.76. The van der Waals surface area contributed by atoms with Crippen molar-refractivity contribution in [3.63, 3.8) is 0 Å². The Hall–Kier alpha value is -3.65. The fourth-order valence-corrected chi connectivity index (χ4v) is 5.00. The van der Waals surface area contributed by atoms with Crippen molar-refractivity contribution in [2.75, 3.05) is 13.7 Å². The van der Waals surface area contributed by atoms with Crippen molar-refractivity contribution in [2.24, 2.45) is 4.99 Å². The number of carbonyl (C=O) groups is 2. The summed E-state index contributed by atoms with van der Waals surface area (Å²) in [6.07, 6.45) is 1.62. The van der Waals surface area contributed by atoms with Gasteiger partial charge in [0.15, 0.2) is 5.17 Å². The van der Waals surface area contributed by atoms with Crippen LogP contribution in [0.5, 0.6) is 0 Å². The van der Waals surface area contributed by atoms with Crippen LogP contribution in [0.4, 0.5) is 4.39 Å². The Labute approximate surface area is 208 Å². The van der Waals surface area contributed by atoms with Crippen LogP contribution in [0.3, 0.4) is 0 Å². The fourth-order valence-electron chi connectivity index (χ4n) is 4.04. The summed E-state index contributed by atoms with van der Waals surface area (Å²) in [4.78, 5) is 34.4. The molecule has 6 nitrogen and oxygen atoms in total. The molecule has 1 atom stereocenters. The minimum atomic E-state index is -0.603. The first-order chi connectivity index (χ1) is 16.9. The molecule has 2 aromatic rings. The summed E-state index contributed by atoms with van der Waals surface area (Å²) in [5, 5.41) is 2.54. The largest absolute Gasteiger partial charge is 0.458 e. The summed E-state index contributed by atoms with van der Waals surface area (Å²) in [6, 6.07) is 15.2. The van der Waals surface area contributed by atoms with Gasteiger partial charge in [-0.25, -0.2) is 14.2 Å². The van der Waals surface area contributed by atoms with Gasteiger partial charge in [0.2, 0.25) is 5.91 Å². The number of benzene rings is 2. The highest BCUT2D eigenvalue weighted by molar-refractivity contribution is 8.16. The van der Waals surface area contributed by atoms with Crippen LogP contribution in [0, 0.1) is 5.82 Å². The van der Waals surface area contributed by atoms with E-state index in [0.29, 0.717) is 28.5 Å². The molecule has 0 aliphatic carbocycles. The number of nitrogens with zero attached hydrogens (tertiary/aromatic N) is 3. The van der Waals surface area contributed by atoms with Gasteiger partial charge in [-0.1, -0.05) is 66.9 Å². The van der Waals surface area contributed by atoms with Crippen LogP contribution in [-0.2, 0) is 20.9 Å². The standard InChI is InChI=1S/C27H26FN3O3S/c1-4-14-34-26(33)24-18(2)29-27-31(25(24)20-10-12-21(28)13-11-20)22(17-35-27)15-23(32)30(3)16-19-8-6-5-7-9-19/h4-13,17,25H,1,14-16H2,2-3H3. The van der Waals surface area contributed by atoms with E-state index in [0.717, 1.165) is 11.3 Å². The van der Waals surface area contributed by atoms with Gasteiger partial charge in [0.05, 0.1) is 23.7 Å². The Balaban J connectivity index is 1.63. The number of hydrogen-bond acceptors (Lipinski definition) is 6. The summed E-state index contributed by atoms with van der Waals surface area (Å²) in [7, 11) is 1.77. The van der Waals surface area contributed by atoms with E-state index in [1.165, 1.54) is 30.0 Å². The molecule has 4 rings (SSSR count). The van der Waals surface area contributed by atoms with Gasteiger partial charge in [-0.2, -0.15) is 0 Å². The van der Waals surface area contributed by atoms with E-state index >= 15 is 0 Å². The highest BCUT2D eigenvalue weighted by Gasteiger charge is 2.41. The lowest BCUT2D eigenvalue weighted by molar-refractivity contribution is -0.138. The quantitative estimate of drug-likeness (QED) is 0.376. The predicted octanol–water partition coefficient (Wildman–Crippen LogP) is 5.18. The molecule has 0 radical (unpaired) electrons. The number of fused-ring (bicyclic) bond motifs is 1. The second-order valence-electron chi connectivity index (χ2n) is 8.24. The second-order valence-corrected chi connectivity index (χ2v) is 9.08. The molecule has 0 aromatic heterocycles. The molecule has 35 heavy (non-hydrogen) atoms. The lowest BCUT2D eigenvalue weighted by Gasteiger charge is -2.36. The summed E-state index contributed by atoms with van der Waals surface area (Å²) in [5.74, 6) is -0.968. The van der Waals surface area contributed by atoms with E-state index in [-0.39, 0.29) is 24.8 Å². The summed E-state index contributed by atoms with van der Waals surface area (Å²) < 4.78 is 19.1. The Kier molecular flexibility index (Phi) is 7.51. The third-order valence-corrected chi connectivity index (χ3v) is 6.65. The van der Waals surface area contributed by atoms with Gasteiger partial charge >= 0.3 is 5.97 Å². The molecule has 2 aliphatic rings. The van der Waals surface area contributed by atoms with Crippen molar-refractivity contribution < 1.29 is 18.7 Å². The number of aliphatic imine (C=N–C) groups is 1. The highest BCUT2D eigenvalue weighted by atomic mass is 32.2. The lowest BCUT2D eigenvalue weighted by atomic mass is 9.94. The molecule has 0 fully saturated rings. The van der Waals surface area contributed by atoms with Crippen molar-refractivity contribution in [3.8, 4) is 0 Å². The molecule has 0 saturated carbocycles. The number of allylic oxidation sites excluding steroid dienone is 1. The molecular weight excluding hydrogens is 465 g/mol. The molecular formula is C27H26FN3O3S. The number of halogens is 1. The van der Waals surface area contributed by atoms with Gasteiger partial charge in [-0.05, 0) is 35.6 Å². The molecule has 2 aliphatic heterocycles. The first kappa shape index (κ1) is 24.5. The molecule has 1 unspecified atom stereocenters. The second kappa shape index (κ2) is 10.7. The van der Waals surface area contributed by atoms with Gasteiger partial charge < -0.3 is 14.5 Å². The Bertz CT molecular complexity index is 1220. The molecule has 2 heterocycles. The lowest BCUT2D eigenvalue weighted by Crippen LogP contribution is -2.38. The minimum Gasteiger partial charge on any atom is -0.458 e. The SMILES string of the molecule is C=CCOC(=O)C1=C(C)N=C2SC=C(CC(=O)N(C)Cc3ccccc3)N2C1c1ccc(F)cc1. The fraction of sp³-hybridized carbons (Fsp3) is 0.222. The summed E-state index contributed by atoms with van der Waals surface area (Å²) in [6.45, 7) is 5.90. The normalized spacial score (nSPS) is 16.9. The van der Waals surface area contributed by atoms with Gasteiger partial charge in [-0.15, -0.1) is 0 Å². The molecule has 0 spiro atoms. The van der Waals surface area contributed by atoms with Gasteiger partial charge in [0, 0.05) is 19.3 Å². The molecule has 0 bridgehead atoms. The molecule has 1 amide bonds. The summed E-state index contributed by atoms with van der Waals surface area (Å²) >= 11 is 1.40. The number of thioether (sulfide) groups is 1. The zero-order valence-electron chi connectivity index (χ0n) is 19.6. The smallest absolute Gasteiger partial charge is 0.338 e. The monoisotopic (exact) mass is 491 g/mol. The number of ether oxygens (including phenoxy) is 1. The van der Waals surface area contributed by atoms with E-state index in [4.69, 9.17) is 4.74 Å². The zero-order valence-corrected chi connectivity index (χ0v) is 20.4. The summed E-state index contributed by atoms with van der Waals surface area (Å²) in [5.41, 5.74) is 3.32. The first-order valence-corrected chi connectivity index (χ1v) is 12.0. The molecule has 180 valence electrons. The van der Waals surface area contributed by atoms with E-state index in [1.807, 2.05) is 40.6 Å². The van der Waals surface area contributed by atoms with Gasteiger partial charge in [-0.3, -0.25) is 4.79 Å². The number of hydrogen-bond donors (Lipinski definition) is 0. The van der Waals surface area contributed by atoms with Crippen LogP contribution in [0.25, 0.3) is 0 Å². The van der Waals surface area contributed by atoms with E-state index in [1.54, 1.807) is 31.0 Å². The van der Waals surface area contributed by atoms with Crippen LogP contribution >= 0.6 is 11.8 Å². The number of amidine groups is 1.